The van der Waals surface area contributed by atoms with Crippen molar-refractivity contribution in [3.05, 3.63) is 72.5 Å². The molecule has 2 heteroatoms. The number of rotatable bonds is 3. The van der Waals surface area contributed by atoms with Crippen LogP contribution in [0.2, 0.25) is 0 Å². The summed E-state index contributed by atoms with van der Waals surface area (Å²) in [7, 11) is 0. The van der Waals surface area contributed by atoms with Gasteiger partial charge in [-0.05, 0) is 18.1 Å². The lowest BCUT2D eigenvalue weighted by molar-refractivity contribution is 0.657. The van der Waals surface area contributed by atoms with Crippen molar-refractivity contribution in [1.82, 2.24) is 0 Å². The summed E-state index contributed by atoms with van der Waals surface area (Å²) in [6.07, 6.45) is 10.3. The highest BCUT2D eigenvalue weighted by Crippen LogP contribution is 2.19. The summed E-state index contributed by atoms with van der Waals surface area (Å²) in [4.78, 5) is 4.41. The van der Waals surface area contributed by atoms with Gasteiger partial charge in [-0.3, -0.25) is 4.99 Å². The number of benzene rings is 1. The van der Waals surface area contributed by atoms with E-state index in [4.69, 9.17) is 5.73 Å². The van der Waals surface area contributed by atoms with E-state index in [1.807, 2.05) is 54.8 Å². The molecule has 1 aromatic carbocycles. The fourth-order valence-electron chi connectivity index (χ4n) is 1.59. The minimum atomic E-state index is -0.411. The summed E-state index contributed by atoms with van der Waals surface area (Å²) in [5, 5.41) is 0. The van der Waals surface area contributed by atoms with Gasteiger partial charge >= 0.3 is 0 Å². The Morgan fingerprint density at radius 1 is 1.29 bits per heavy atom. The van der Waals surface area contributed by atoms with Gasteiger partial charge in [-0.25, -0.2) is 0 Å². The van der Waals surface area contributed by atoms with Gasteiger partial charge in [0, 0.05) is 6.21 Å². The van der Waals surface area contributed by atoms with E-state index in [-0.39, 0.29) is 0 Å². The molecule has 2 nitrogen and oxygen atoms in total. The quantitative estimate of drug-likeness (QED) is 0.622. The first-order valence-electron chi connectivity index (χ1n) is 5.63. The van der Waals surface area contributed by atoms with Gasteiger partial charge in [-0.15, -0.1) is 6.58 Å². The molecule has 2 rings (SSSR count). The maximum atomic E-state index is 6.03. The van der Waals surface area contributed by atoms with Crippen molar-refractivity contribution in [3.63, 3.8) is 0 Å². The van der Waals surface area contributed by atoms with Gasteiger partial charge in [-0.2, -0.15) is 0 Å². The Morgan fingerprint density at radius 3 is 2.65 bits per heavy atom. The largest absolute Gasteiger partial charge is 0.318 e. The van der Waals surface area contributed by atoms with Crippen LogP contribution in [-0.2, 0) is 0 Å². The first-order chi connectivity index (χ1) is 8.22. The second kappa shape index (κ2) is 4.93. The highest BCUT2D eigenvalue weighted by Gasteiger charge is 2.18. The standard InChI is InChI=1S/C15H16N2/c1-2-15(16)10-8-14(9-11-15)17-12-13-6-4-3-5-7-13/h2-10,12H,1,11,16H2. The van der Waals surface area contributed by atoms with E-state index < -0.39 is 5.54 Å². The third-order valence-electron chi connectivity index (χ3n) is 2.77. The molecular formula is C15H16N2. The molecule has 1 aliphatic rings. The SMILES string of the molecule is C=CC1(N)C=CC(N=Cc2ccccc2)=CC1. The Bertz CT molecular complexity index is 483. The fourth-order valence-corrected chi connectivity index (χ4v) is 1.59. The number of nitrogens with zero attached hydrogens (tertiary/aromatic N) is 1. The first-order valence-corrected chi connectivity index (χ1v) is 5.63. The van der Waals surface area contributed by atoms with Crippen molar-refractivity contribution >= 4 is 6.21 Å². The van der Waals surface area contributed by atoms with Gasteiger partial charge in [-0.1, -0.05) is 48.6 Å². The maximum absolute atomic E-state index is 6.03. The molecule has 0 saturated carbocycles. The molecule has 17 heavy (non-hydrogen) atoms. The predicted octanol–water partition coefficient (Wildman–Crippen LogP) is 2.83. The monoisotopic (exact) mass is 224 g/mol. The zero-order chi connectivity index (χ0) is 12.1. The number of aliphatic imine (C=N–C) groups is 1. The summed E-state index contributed by atoms with van der Waals surface area (Å²) in [6.45, 7) is 3.73. The zero-order valence-corrected chi connectivity index (χ0v) is 9.71. The highest BCUT2D eigenvalue weighted by atomic mass is 14.8. The van der Waals surface area contributed by atoms with E-state index in [1.54, 1.807) is 6.08 Å². The van der Waals surface area contributed by atoms with Gasteiger partial charge in [0.15, 0.2) is 0 Å². The van der Waals surface area contributed by atoms with Crippen LogP contribution >= 0.6 is 0 Å². The Hall–Kier alpha value is -1.93. The van der Waals surface area contributed by atoms with Crippen LogP contribution in [0.4, 0.5) is 0 Å². The molecule has 0 saturated heterocycles. The van der Waals surface area contributed by atoms with E-state index >= 15 is 0 Å². The van der Waals surface area contributed by atoms with Crippen LogP contribution in [0.3, 0.4) is 0 Å². The molecule has 1 aromatic rings. The lowest BCUT2D eigenvalue weighted by Gasteiger charge is -2.22. The minimum Gasteiger partial charge on any atom is -0.318 e. The molecule has 0 radical (unpaired) electrons. The number of hydrogen-bond acceptors (Lipinski definition) is 2. The van der Waals surface area contributed by atoms with Crippen molar-refractivity contribution in [1.29, 1.82) is 0 Å². The number of hydrogen-bond donors (Lipinski definition) is 1. The third-order valence-corrected chi connectivity index (χ3v) is 2.77. The van der Waals surface area contributed by atoms with Crippen LogP contribution in [0, 0.1) is 0 Å². The van der Waals surface area contributed by atoms with Crippen LogP contribution in [0.5, 0.6) is 0 Å². The van der Waals surface area contributed by atoms with Crippen molar-refractivity contribution in [3.8, 4) is 0 Å². The zero-order valence-electron chi connectivity index (χ0n) is 9.71. The Kier molecular flexibility index (Phi) is 3.35. The molecular weight excluding hydrogens is 208 g/mol. The molecule has 1 aliphatic carbocycles. The van der Waals surface area contributed by atoms with Gasteiger partial charge in [0.2, 0.25) is 0 Å². The van der Waals surface area contributed by atoms with Crippen LogP contribution in [-0.4, -0.2) is 11.8 Å². The van der Waals surface area contributed by atoms with Gasteiger partial charge in [0.25, 0.3) is 0 Å². The summed E-state index contributed by atoms with van der Waals surface area (Å²) >= 11 is 0. The van der Waals surface area contributed by atoms with Gasteiger partial charge in [0.05, 0.1) is 11.2 Å². The van der Waals surface area contributed by atoms with Crippen LogP contribution < -0.4 is 5.73 Å². The molecule has 86 valence electrons. The molecule has 2 N–H and O–H groups in total. The third kappa shape index (κ3) is 3.02. The normalized spacial score (nSPS) is 23.7. The Morgan fingerprint density at radius 2 is 2.06 bits per heavy atom. The van der Waals surface area contributed by atoms with Crippen molar-refractivity contribution in [2.24, 2.45) is 10.7 Å². The predicted molar refractivity (Wildman–Crippen MR) is 73.0 cm³/mol. The van der Waals surface area contributed by atoms with Crippen LogP contribution in [0.25, 0.3) is 0 Å². The topological polar surface area (TPSA) is 38.4 Å². The average Bonchev–Trinajstić information content (AvgIpc) is 2.39. The second-order valence-electron chi connectivity index (χ2n) is 4.15. The molecule has 1 atom stereocenters. The van der Waals surface area contributed by atoms with Crippen LogP contribution in [0.15, 0.2) is 71.9 Å². The van der Waals surface area contributed by atoms with Gasteiger partial charge in [0.1, 0.15) is 0 Å². The molecule has 1 unspecified atom stereocenters. The molecule has 0 aromatic heterocycles. The Balaban J connectivity index is 2.06. The van der Waals surface area contributed by atoms with E-state index in [2.05, 4.69) is 11.6 Å². The molecule has 0 amide bonds. The van der Waals surface area contributed by atoms with E-state index in [1.165, 1.54) is 0 Å². The van der Waals surface area contributed by atoms with Gasteiger partial charge < -0.3 is 5.73 Å². The maximum Gasteiger partial charge on any atom is 0.0588 e. The highest BCUT2D eigenvalue weighted by molar-refractivity contribution is 5.80. The summed E-state index contributed by atoms with van der Waals surface area (Å²) in [6, 6.07) is 10.0. The van der Waals surface area contributed by atoms with Crippen LogP contribution in [0.1, 0.15) is 12.0 Å². The van der Waals surface area contributed by atoms with E-state index in [0.29, 0.717) is 0 Å². The summed E-state index contributed by atoms with van der Waals surface area (Å²) in [5.41, 5.74) is 7.65. The molecule has 0 bridgehead atoms. The summed E-state index contributed by atoms with van der Waals surface area (Å²) in [5.74, 6) is 0. The van der Waals surface area contributed by atoms with Crippen molar-refractivity contribution in [2.45, 2.75) is 12.0 Å². The second-order valence-corrected chi connectivity index (χ2v) is 4.15. The average molecular weight is 224 g/mol. The number of allylic oxidation sites excluding steroid dienone is 1. The number of nitrogens with two attached hydrogens (primary N) is 1. The first kappa shape index (κ1) is 11.6. The Labute approximate surface area is 102 Å². The molecule has 0 spiro atoms. The van der Waals surface area contributed by atoms with Crippen molar-refractivity contribution in [2.75, 3.05) is 0 Å². The fraction of sp³-hybridized carbons (Fsp3) is 0.133. The lowest BCUT2D eigenvalue weighted by Crippen LogP contribution is -2.35. The smallest absolute Gasteiger partial charge is 0.0588 e. The van der Waals surface area contributed by atoms with E-state index in [9.17, 15) is 0 Å². The molecule has 0 heterocycles. The summed E-state index contributed by atoms with van der Waals surface area (Å²) < 4.78 is 0. The lowest BCUT2D eigenvalue weighted by atomic mass is 9.92. The molecule has 0 aliphatic heterocycles. The van der Waals surface area contributed by atoms with E-state index in [0.717, 1.165) is 17.7 Å². The molecule has 0 fully saturated rings. The minimum absolute atomic E-state index is 0.411. The van der Waals surface area contributed by atoms with Crippen molar-refractivity contribution < 1.29 is 0 Å².